The number of hydrogen-bond acceptors (Lipinski definition) is 2. The third-order valence-electron chi connectivity index (χ3n) is 6.02. The predicted octanol–water partition coefficient (Wildman–Crippen LogP) is 3.52. The lowest BCUT2D eigenvalue weighted by molar-refractivity contribution is -0.128. The lowest BCUT2D eigenvalue weighted by Crippen LogP contribution is -2.43. The van der Waals surface area contributed by atoms with E-state index in [2.05, 4.69) is 59.5 Å². The van der Waals surface area contributed by atoms with Crippen LogP contribution in [-0.2, 0) is 11.3 Å². The Labute approximate surface area is 150 Å². The molecular weight excluding hydrogens is 308 g/mol. The number of piperidine rings is 1. The smallest absolute Gasteiger partial charge is 0.230 e. The highest BCUT2D eigenvalue weighted by atomic mass is 16.2. The van der Waals surface area contributed by atoms with E-state index in [-0.39, 0.29) is 11.3 Å². The van der Waals surface area contributed by atoms with E-state index in [1.165, 1.54) is 11.1 Å². The average Bonchev–Trinajstić information content (AvgIpc) is 2.89. The van der Waals surface area contributed by atoms with Crippen LogP contribution in [-0.4, -0.2) is 42.4 Å². The minimum atomic E-state index is 0.0255. The van der Waals surface area contributed by atoms with Crippen molar-refractivity contribution in [3.63, 3.8) is 0 Å². The van der Waals surface area contributed by atoms with Crippen LogP contribution in [0.2, 0.25) is 0 Å². The Morgan fingerprint density at radius 1 is 0.960 bits per heavy atom. The molecule has 2 aromatic rings. The molecule has 2 aliphatic heterocycles. The standard InChI is InChI=1S/C22H26N2O/c1-23-17-22(20(21(23)25)19-10-6-3-7-11-19)12-14-24(15-13-22)16-18-8-4-2-5-9-18/h2-11,20H,12-17H2,1H3/t20-/m1/s1. The Morgan fingerprint density at radius 3 is 2.20 bits per heavy atom. The molecule has 1 spiro atoms. The molecule has 1 amide bonds. The quantitative estimate of drug-likeness (QED) is 0.857. The Balaban J connectivity index is 1.51. The number of carbonyl (C=O) groups excluding carboxylic acids is 1. The van der Waals surface area contributed by atoms with Gasteiger partial charge in [-0.1, -0.05) is 60.7 Å². The number of benzene rings is 2. The molecule has 0 saturated carbocycles. The van der Waals surface area contributed by atoms with E-state index in [1.807, 2.05) is 18.0 Å². The van der Waals surface area contributed by atoms with Crippen LogP contribution >= 0.6 is 0 Å². The third-order valence-corrected chi connectivity index (χ3v) is 6.02. The van der Waals surface area contributed by atoms with Crippen molar-refractivity contribution >= 4 is 5.91 Å². The first-order valence-electron chi connectivity index (χ1n) is 9.24. The van der Waals surface area contributed by atoms with Gasteiger partial charge in [-0.15, -0.1) is 0 Å². The number of hydrogen-bond donors (Lipinski definition) is 0. The van der Waals surface area contributed by atoms with Crippen molar-refractivity contribution in [1.29, 1.82) is 0 Å². The lowest BCUT2D eigenvalue weighted by Gasteiger charge is -2.42. The van der Waals surface area contributed by atoms with Crippen LogP contribution in [0.25, 0.3) is 0 Å². The Morgan fingerprint density at radius 2 is 1.56 bits per heavy atom. The number of nitrogens with zero attached hydrogens (tertiary/aromatic N) is 2. The predicted molar refractivity (Wildman–Crippen MR) is 100 cm³/mol. The van der Waals surface area contributed by atoms with Crippen molar-refractivity contribution in [2.75, 3.05) is 26.7 Å². The van der Waals surface area contributed by atoms with Gasteiger partial charge in [0.15, 0.2) is 0 Å². The summed E-state index contributed by atoms with van der Waals surface area (Å²) in [5.41, 5.74) is 2.66. The number of amides is 1. The molecule has 0 radical (unpaired) electrons. The summed E-state index contributed by atoms with van der Waals surface area (Å²) in [5.74, 6) is 0.320. The van der Waals surface area contributed by atoms with E-state index in [0.29, 0.717) is 5.91 Å². The van der Waals surface area contributed by atoms with Crippen LogP contribution in [0.15, 0.2) is 60.7 Å². The number of carbonyl (C=O) groups is 1. The van der Waals surface area contributed by atoms with E-state index in [9.17, 15) is 4.79 Å². The summed E-state index contributed by atoms with van der Waals surface area (Å²) in [7, 11) is 1.96. The summed E-state index contributed by atoms with van der Waals surface area (Å²) in [6, 6.07) is 21.1. The second kappa shape index (κ2) is 6.64. The zero-order valence-corrected chi connectivity index (χ0v) is 14.9. The van der Waals surface area contributed by atoms with Gasteiger partial charge in [0.25, 0.3) is 0 Å². The normalized spacial score (nSPS) is 23.3. The highest BCUT2D eigenvalue weighted by Crippen LogP contribution is 2.50. The minimum Gasteiger partial charge on any atom is -0.345 e. The Bertz CT molecular complexity index is 720. The van der Waals surface area contributed by atoms with Gasteiger partial charge in [0.1, 0.15) is 0 Å². The molecule has 0 unspecified atom stereocenters. The monoisotopic (exact) mass is 334 g/mol. The molecule has 2 fully saturated rings. The topological polar surface area (TPSA) is 23.6 Å². The summed E-state index contributed by atoms with van der Waals surface area (Å²) in [5, 5.41) is 0. The Kier molecular flexibility index (Phi) is 4.34. The van der Waals surface area contributed by atoms with Crippen molar-refractivity contribution < 1.29 is 4.79 Å². The molecule has 25 heavy (non-hydrogen) atoms. The molecule has 1 atom stereocenters. The largest absolute Gasteiger partial charge is 0.345 e. The van der Waals surface area contributed by atoms with Crippen LogP contribution in [0, 0.1) is 5.41 Å². The molecule has 3 nitrogen and oxygen atoms in total. The fraction of sp³-hybridized carbons (Fsp3) is 0.409. The molecule has 0 N–H and O–H groups in total. The van der Waals surface area contributed by atoms with Gasteiger partial charge in [0, 0.05) is 25.6 Å². The molecule has 3 heteroatoms. The van der Waals surface area contributed by atoms with Gasteiger partial charge in [0.05, 0.1) is 5.92 Å². The van der Waals surface area contributed by atoms with E-state index in [1.54, 1.807) is 0 Å². The number of likely N-dealkylation sites (N-methyl/N-ethyl adjacent to an activating group) is 1. The summed E-state index contributed by atoms with van der Waals surface area (Å²) in [6.45, 7) is 4.04. The average molecular weight is 334 g/mol. The SMILES string of the molecule is CN1CC2(CCN(Cc3ccccc3)CC2)[C@H](c2ccccc2)C1=O. The summed E-state index contributed by atoms with van der Waals surface area (Å²) < 4.78 is 0. The second-order valence-electron chi connectivity index (χ2n) is 7.66. The van der Waals surface area contributed by atoms with Gasteiger partial charge in [0.2, 0.25) is 5.91 Å². The van der Waals surface area contributed by atoms with Crippen molar-refractivity contribution in [3.8, 4) is 0 Å². The van der Waals surface area contributed by atoms with Crippen molar-refractivity contribution in [3.05, 3.63) is 71.8 Å². The van der Waals surface area contributed by atoms with Crippen molar-refractivity contribution in [2.24, 2.45) is 5.41 Å². The fourth-order valence-electron chi connectivity index (χ4n) is 4.71. The highest BCUT2D eigenvalue weighted by Gasteiger charge is 2.52. The number of rotatable bonds is 3. The van der Waals surface area contributed by atoms with Crippen LogP contribution in [0.5, 0.6) is 0 Å². The van der Waals surface area contributed by atoms with Crippen molar-refractivity contribution in [2.45, 2.75) is 25.3 Å². The first-order chi connectivity index (χ1) is 12.2. The van der Waals surface area contributed by atoms with E-state index in [0.717, 1.165) is 39.0 Å². The molecule has 0 aliphatic carbocycles. The molecule has 2 aromatic carbocycles. The molecule has 0 aromatic heterocycles. The van der Waals surface area contributed by atoms with Crippen LogP contribution in [0.1, 0.15) is 29.9 Å². The Hall–Kier alpha value is -2.13. The number of likely N-dealkylation sites (tertiary alicyclic amines) is 2. The first-order valence-corrected chi connectivity index (χ1v) is 9.24. The fourth-order valence-corrected chi connectivity index (χ4v) is 4.71. The zero-order valence-electron chi connectivity index (χ0n) is 14.9. The molecule has 0 bridgehead atoms. The van der Waals surface area contributed by atoms with Gasteiger partial charge < -0.3 is 4.90 Å². The molecule has 130 valence electrons. The van der Waals surface area contributed by atoms with Crippen LogP contribution < -0.4 is 0 Å². The van der Waals surface area contributed by atoms with Gasteiger partial charge in [-0.2, -0.15) is 0 Å². The molecular formula is C22H26N2O. The van der Waals surface area contributed by atoms with E-state index in [4.69, 9.17) is 0 Å². The summed E-state index contributed by atoms with van der Waals surface area (Å²) in [4.78, 5) is 17.3. The maximum atomic E-state index is 12.9. The van der Waals surface area contributed by atoms with Gasteiger partial charge in [-0.3, -0.25) is 9.69 Å². The molecule has 2 heterocycles. The highest BCUT2D eigenvalue weighted by molar-refractivity contribution is 5.87. The van der Waals surface area contributed by atoms with Crippen molar-refractivity contribution in [1.82, 2.24) is 9.80 Å². The van der Waals surface area contributed by atoms with Crippen LogP contribution in [0.3, 0.4) is 0 Å². The van der Waals surface area contributed by atoms with Gasteiger partial charge in [-0.05, 0) is 37.1 Å². The summed E-state index contributed by atoms with van der Waals surface area (Å²) in [6.07, 6.45) is 2.19. The summed E-state index contributed by atoms with van der Waals surface area (Å²) >= 11 is 0. The third kappa shape index (κ3) is 3.09. The zero-order chi connectivity index (χ0) is 17.3. The van der Waals surface area contributed by atoms with Gasteiger partial charge >= 0.3 is 0 Å². The lowest BCUT2D eigenvalue weighted by atomic mass is 9.68. The maximum absolute atomic E-state index is 12.9. The molecule has 4 rings (SSSR count). The first kappa shape index (κ1) is 16.3. The molecule has 2 saturated heterocycles. The second-order valence-corrected chi connectivity index (χ2v) is 7.66. The minimum absolute atomic E-state index is 0.0255. The van der Waals surface area contributed by atoms with E-state index < -0.39 is 0 Å². The van der Waals surface area contributed by atoms with E-state index >= 15 is 0 Å². The maximum Gasteiger partial charge on any atom is 0.230 e. The molecule has 2 aliphatic rings. The van der Waals surface area contributed by atoms with Crippen LogP contribution in [0.4, 0.5) is 0 Å². The van der Waals surface area contributed by atoms with Gasteiger partial charge in [-0.25, -0.2) is 0 Å².